The summed E-state index contributed by atoms with van der Waals surface area (Å²) in [6.07, 6.45) is 0.642. The van der Waals surface area contributed by atoms with Crippen LogP contribution < -0.4 is 14.8 Å². The molecule has 2 N–H and O–H groups in total. The van der Waals surface area contributed by atoms with Crippen molar-refractivity contribution in [2.45, 2.75) is 10.6 Å². The molecule has 0 aliphatic carbocycles. The van der Waals surface area contributed by atoms with E-state index in [1.807, 2.05) is 24.3 Å². The Balaban J connectivity index is 1.75. The summed E-state index contributed by atoms with van der Waals surface area (Å²) in [5.74, 6) is 0.376. The lowest BCUT2D eigenvalue weighted by Crippen LogP contribution is -2.37. The summed E-state index contributed by atoms with van der Waals surface area (Å²) in [5.41, 5.74) is 1.05. The lowest BCUT2D eigenvalue weighted by Gasteiger charge is -2.07. The maximum absolute atomic E-state index is 12.0. The van der Waals surface area contributed by atoms with Crippen LogP contribution in [-0.4, -0.2) is 34.5 Å². The smallest absolute Gasteiger partial charge is 0.250 e. The van der Waals surface area contributed by atoms with E-state index in [1.54, 1.807) is 7.11 Å². The standard InChI is InChI=1S/C15H17ClN2O4S2/c1-22-12-4-2-11(3-5-12)8-9-17-14(19)10-18-24(20,21)15-7-6-13(16)23-15/h2-7,18H,8-10H2,1H3,(H,17,19). The molecule has 9 heteroatoms. The Bertz CT molecular complexity index is 788. The zero-order valence-electron chi connectivity index (χ0n) is 12.9. The van der Waals surface area contributed by atoms with E-state index in [2.05, 4.69) is 10.0 Å². The Labute approximate surface area is 149 Å². The van der Waals surface area contributed by atoms with E-state index >= 15 is 0 Å². The SMILES string of the molecule is COc1ccc(CCNC(=O)CNS(=O)(=O)c2ccc(Cl)s2)cc1. The van der Waals surface area contributed by atoms with Crippen molar-refractivity contribution in [1.82, 2.24) is 10.0 Å². The number of rotatable bonds is 8. The summed E-state index contributed by atoms with van der Waals surface area (Å²) < 4.78 is 31.7. The predicted octanol–water partition coefficient (Wildman–Crippen LogP) is 2.05. The van der Waals surface area contributed by atoms with Gasteiger partial charge in [-0.25, -0.2) is 13.1 Å². The van der Waals surface area contributed by atoms with E-state index in [4.69, 9.17) is 16.3 Å². The van der Waals surface area contributed by atoms with Gasteiger partial charge in [-0.1, -0.05) is 23.7 Å². The van der Waals surface area contributed by atoms with Crippen molar-refractivity contribution in [2.24, 2.45) is 0 Å². The molecule has 1 aromatic carbocycles. The molecule has 24 heavy (non-hydrogen) atoms. The van der Waals surface area contributed by atoms with Crippen LogP contribution in [0.2, 0.25) is 4.34 Å². The molecular weight excluding hydrogens is 372 g/mol. The molecule has 0 bridgehead atoms. The van der Waals surface area contributed by atoms with Crippen LogP contribution in [0.25, 0.3) is 0 Å². The highest BCUT2D eigenvalue weighted by Crippen LogP contribution is 2.25. The van der Waals surface area contributed by atoms with E-state index in [1.165, 1.54) is 12.1 Å². The number of hydrogen-bond acceptors (Lipinski definition) is 5. The molecule has 6 nitrogen and oxygen atoms in total. The third-order valence-electron chi connectivity index (χ3n) is 3.13. The lowest BCUT2D eigenvalue weighted by atomic mass is 10.1. The fourth-order valence-corrected chi connectivity index (χ4v) is 4.38. The monoisotopic (exact) mass is 388 g/mol. The van der Waals surface area contributed by atoms with Crippen LogP contribution in [0.5, 0.6) is 5.75 Å². The second-order valence-electron chi connectivity index (χ2n) is 4.83. The topological polar surface area (TPSA) is 84.5 Å². The fourth-order valence-electron chi connectivity index (χ4n) is 1.87. The summed E-state index contributed by atoms with van der Waals surface area (Å²) in [6.45, 7) is 0.0954. The maximum atomic E-state index is 12.0. The van der Waals surface area contributed by atoms with Gasteiger partial charge in [-0.05, 0) is 36.2 Å². The molecule has 0 spiro atoms. The largest absolute Gasteiger partial charge is 0.497 e. The third kappa shape index (κ3) is 5.48. The van der Waals surface area contributed by atoms with Gasteiger partial charge >= 0.3 is 0 Å². The van der Waals surface area contributed by atoms with Gasteiger partial charge in [0.05, 0.1) is 18.0 Å². The van der Waals surface area contributed by atoms with Crippen LogP contribution in [0.15, 0.2) is 40.6 Å². The molecule has 0 unspecified atom stereocenters. The van der Waals surface area contributed by atoms with Gasteiger partial charge in [-0.15, -0.1) is 11.3 Å². The van der Waals surface area contributed by atoms with Crippen LogP contribution in [0.1, 0.15) is 5.56 Å². The van der Waals surface area contributed by atoms with Crippen molar-refractivity contribution < 1.29 is 17.9 Å². The van der Waals surface area contributed by atoms with Crippen LogP contribution in [0.3, 0.4) is 0 Å². The highest BCUT2D eigenvalue weighted by molar-refractivity contribution is 7.91. The van der Waals surface area contributed by atoms with Crippen molar-refractivity contribution in [3.63, 3.8) is 0 Å². The highest BCUT2D eigenvalue weighted by atomic mass is 35.5. The fraction of sp³-hybridized carbons (Fsp3) is 0.267. The van der Waals surface area contributed by atoms with Gasteiger partial charge in [0.2, 0.25) is 5.91 Å². The second kappa shape index (κ2) is 8.48. The van der Waals surface area contributed by atoms with Gasteiger partial charge in [0.1, 0.15) is 9.96 Å². The molecule has 0 radical (unpaired) electrons. The minimum Gasteiger partial charge on any atom is -0.497 e. The summed E-state index contributed by atoms with van der Waals surface area (Å²) in [5, 5.41) is 2.67. The summed E-state index contributed by atoms with van der Waals surface area (Å²) in [4.78, 5) is 11.7. The van der Waals surface area contributed by atoms with Crippen molar-refractivity contribution in [2.75, 3.05) is 20.2 Å². The molecule has 1 aromatic heterocycles. The zero-order valence-corrected chi connectivity index (χ0v) is 15.3. The number of sulfonamides is 1. The molecule has 0 saturated heterocycles. The van der Waals surface area contributed by atoms with E-state index < -0.39 is 15.9 Å². The summed E-state index contributed by atoms with van der Waals surface area (Å²) in [6, 6.07) is 10.4. The summed E-state index contributed by atoms with van der Waals surface area (Å²) in [7, 11) is -2.11. The summed E-state index contributed by atoms with van der Waals surface area (Å²) >= 11 is 6.65. The predicted molar refractivity (Wildman–Crippen MR) is 94.2 cm³/mol. The second-order valence-corrected chi connectivity index (χ2v) is 8.54. The molecule has 2 rings (SSSR count). The molecule has 0 atom stereocenters. The molecule has 2 aromatic rings. The Kier molecular flexibility index (Phi) is 6.61. The van der Waals surface area contributed by atoms with Gasteiger partial charge in [0, 0.05) is 6.54 Å². The van der Waals surface area contributed by atoms with Crippen molar-refractivity contribution in [3.05, 3.63) is 46.3 Å². The molecular formula is C15H17ClN2O4S2. The number of benzene rings is 1. The Morgan fingerprint density at radius 1 is 1.21 bits per heavy atom. The van der Waals surface area contributed by atoms with Gasteiger partial charge in [-0.2, -0.15) is 0 Å². The molecule has 0 aliphatic heterocycles. The van der Waals surface area contributed by atoms with E-state index in [0.717, 1.165) is 22.6 Å². The number of hydrogen-bond donors (Lipinski definition) is 2. The first kappa shape index (κ1) is 18.7. The Morgan fingerprint density at radius 2 is 1.92 bits per heavy atom. The van der Waals surface area contributed by atoms with Crippen LogP contribution in [-0.2, 0) is 21.2 Å². The molecule has 0 fully saturated rings. The number of methoxy groups -OCH3 is 1. The van der Waals surface area contributed by atoms with Crippen LogP contribution >= 0.6 is 22.9 Å². The van der Waals surface area contributed by atoms with Gasteiger partial charge in [0.15, 0.2) is 0 Å². The zero-order chi connectivity index (χ0) is 17.6. The Hall–Kier alpha value is -1.61. The number of thiophene rings is 1. The number of halogens is 1. The van der Waals surface area contributed by atoms with Crippen molar-refractivity contribution in [3.8, 4) is 5.75 Å². The number of ether oxygens (including phenoxy) is 1. The maximum Gasteiger partial charge on any atom is 0.250 e. The normalized spacial score (nSPS) is 11.2. The van der Waals surface area contributed by atoms with Gasteiger partial charge < -0.3 is 10.1 Å². The van der Waals surface area contributed by atoms with Crippen molar-refractivity contribution >= 4 is 38.9 Å². The van der Waals surface area contributed by atoms with Crippen molar-refractivity contribution in [1.29, 1.82) is 0 Å². The van der Waals surface area contributed by atoms with Crippen LogP contribution in [0, 0.1) is 0 Å². The first-order valence-corrected chi connectivity index (χ1v) is 9.73. The van der Waals surface area contributed by atoms with E-state index in [9.17, 15) is 13.2 Å². The Morgan fingerprint density at radius 3 is 2.50 bits per heavy atom. The molecule has 1 amide bonds. The first-order chi connectivity index (χ1) is 11.4. The molecule has 0 saturated carbocycles. The lowest BCUT2D eigenvalue weighted by molar-refractivity contribution is -0.119. The molecule has 130 valence electrons. The average molecular weight is 389 g/mol. The first-order valence-electron chi connectivity index (χ1n) is 7.05. The molecule has 0 aliphatic rings. The number of carbonyl (C=O) groups excluding carboxylic acids is 1. The number of carbonyl (C=O) groups is 1. The van der Waals surface area contributed by atoms with E-state index in [0.29, 0.717) is 17.3 Å². The minimum atomic E-state index is -3.71. The average Bonchev–Trinajstić information content (AvgIpc) is 3.01. The number of amides is 1. The highest BCUT2D eigenvalue weighted by Gasteiger charge is 2.17. The molecule has 1 heterocycles. The minimum absolute atomic E-state index is 0.0820. The van der Waals surface area contributed by atoms with E-state index in [-0.39, 0.29) is 10.8 Å². The van der Waals surface area contributed by atoms with Gasteiger partial charge in [0.25, 0.3) is 10.0 Å². The quantitative estimate of drug-likeness (QED) is 0.724. The third-order valence-corrected chi connectivity index (χ3v) is 6.26. The van der Waals surface area contributed by atoms with Crippen LogP contribution in [0.4, 0.5) is 0 Å². The van der Waals surface area contributed by atoms with Gasteiger partial charge in [-0.3, -0.25) is 4.79 Å². The number of nitrogens with one attached hydrogen (secondary N) is 2.